The molecule has 1 N–H and O–H groups in total. The van der Waals surface area contributed by atoms with Gasteiger partial charge in [0.25, 0.3) is 0 Å². The number of carboxylic acid groups (broad SMARTS) is 1. The Labute approximate surface area is 95.9 Å². The van der Waals surface area contributed by atoms with Crippen molar-refractivity contribution in [1.82, 2.24) is 0 Å². The van der Waals surface area contributed by atoms with Gasteiger partial charge in [-0.1, -0.05) is 43.3 Å². The van der Waals surface area contributed by atoms with Gasteiger partial charge in [-0.2, -0.15) is 0 Å². The lowest BCUT2D eigenvalue weighted by Crippen LogP contribution is -1.96. The summed E-state index contributed by atoms with van der Waals surface area (Å²) >= 11 is 0. The Bertz CT molecular complexity index is 414. The highest BCUT2D eigenvalue weighted by molar-refractivity contribution is 5.86. The molecule has 0 spiro atoms. The Hall–Kier alpha value is -1.83. The summed E-state index contributed by atoms with van der Waals surface area (Å²) in [7, 11) is 0. The zero-order valence-electron chi connectivity index (χ0n) is 9.60. The van der Waals surface area contributed by atoms with Crippen LogP contribution in [0.25, 0.3) is 6.08 Å². The van der Waals surface area contributed by atoms with Crippen LogP contribution in [0.4, 0.5) is 0 Å². The molecule has 0 heterocycles. The van der Waals surface area contributed by atoms with Gasteiger partial charge in [-0.15, -0.1) is 0 Å². The van der Waals surface area contributed by atoms with Crippen LogP contribution in [0.2, 0.25) is 0 Å². The van der Waals surface area contributed by atoms with Crippen LogP contribution < -0.4 is 0 Å². The van der Waals surface area contributed by atoms with E-state index in [0.29, 0.717) is 5.57 Å². The highest BCUT2D eigenvalue weighted by Gasteiger charge is 2.00. The molecule has 1 rings (SSSR count). The van der Waals surface area contributed by atoms with Crippen molar-refractivity contribution in [3.63, 3.8) is 0 Å². The van der Waals surface area contributed by atoms with Crippen LogP contribution in [0.5, 0.6) is 0 Å². The maximum atomic E-state index is 10.7. The molecule has 0 aromatic heterocycles. The second-order valence-corrected chi connectivity index (χ2v) is 3.62. The Kier molecular flexibility index (Phi) is 4.52. The Morgan fingerprint density at radius 3 is 2.44 bits per heavy atom. The second kappa shape index (κ2) is 5.91. The smallest absolute Gasteiger partial charge is 0.331 e. The Morgan fingerprint density at radius 1 is 1.31 bits per heavy atom. The van der Waals surface area contributed by atoms with Gasteiger partial charge in [0.2, 0.25) is 0 Å². The second-order valence-electron chi connectivity index (χ2n) is 3.62. The molecular weight excluding hydrogens is 200 g/mol. The van der Waals surface area contributed by atoms with Gasteiger partial charge in [0.15, 0.2) is 0 Å². The fourth-order valence-corrected chi connectivity index (χ4v) is 1.35. The summed E-state index contributed by atoms with van der Waals surface area (Å²) < 4.78 is 0. The summed E-state index contributed by atoms with van der Waals surface area (Å²) in [6.07, 6.45) is 4.54. The SMILES string of the molecule is CCC(=Cc1ccccc1)C=C(C)C(=O)O. The Morgan fingerprint density at radius 2 is 1.94 bits per heavy atom. The zero-order chi connectivity index (χ0) is 12.0. The van der Waals surface area contributed by atoms with Crippen LogP contribution in [0, 0.1) is 0 Å². The predicted octanol–water partition coefficient (Wildman–Crippen LogP) is 3.51. The third-order valence-electron chi connectivity index (χ3n) is 2.30. The molecule has 0 amide bonds. The number of carbonyl (C=O) groups is 1. The van der Waals surface area contributed by atoms with E-state index in [1.54, 1.807) is 13.0 Å². The molecule has 0 unspecified atom stereocenters. The minimum atomic E-state index is -0.868. The molecule has 0 atom stereocenters. The van der Waals surface area contributed by atoms with E-state index in [-0.39, 0.29) is 0 Å². The van der Waals surface area contributed by atoms with Crippen molar-refractivity contribution >= 4 is 12.0 Å². The number of aliphatic carboxylic acids is 1. The minimum Gasteiger partial charge on any atom is -0.478 e. The topological polar surface area (TPSA) is 37.3 Å². The molecule has 16 heavy (non-hydrogen) atoms. The maximum Gasteiger partial charge on any atom is 0.331 e. The fourth-order valence-electron chi connectivity index (χ4n) is 1.35. The van der Waals surface area contributed by atoms with E-state index in [9.17, 15) is 4.79 Å². The molecule has 0 radical (unpaired) electrons. The van der Waals surface area contributed by atoms with E-state index < -0.39 is 5.97 Å². The van der Waals surface area contributed by atoms with E-state index in [2.05, 4.69) is 0 Å². The van der Waals surface area contributed by atoms with Crippen molar-refractivity contribution in [2.75, 3.05) is 0 Å². The van der Waals surface area contributed by atoms with Gasteiger partial charge in [-0.05, 0) is 30.6 Å². The van der Waals surface area contributed by atoms with Gasteiger partial charge in [0, 0.05) is 5.57 Å². The van der Waals surface area contributed by atoms with Gasteiger partial charge in [-0.3, -0.25) is 0 Å². The van der Waals surface area contributed by atoms with E-state index in [0.717, 1.165) is 17.6 Å². The lowest BCUT2D eigenvalue weighted by molar-refractivity contribution is -0.132. The lowest BCUT2D eigenvalue weighted by Gasteiger charge is -2.00. The molecular formula is C14H16O2. The van der Waals surface area contributed by atoms with Crippen LogP contribution in [-0.2, 0) is 4.79 Å². The summed E-state index contributed by atoms with van der Waals surface area (Å²) in [6, 6.07) is 9.89. The van der Waals surface area contributed by atoms with Crippen molar-refractivity contribution in [3.8, 4) is 0 Å². The first-order valence-electron chi connectivity index (χ1n) is 5.30. The quantitative estimate of drug-likeness (QED) is 0.617. The van der Waals surface area contributed by atoms with Gasteiger partial charge >= 0.3 is 5.97 Å². The van der Waals surface area contributed by atoms with Gasteiger partial charge in [0.1, 0.15) is 0 Å². The van der Waals surface area contributed by atoms with Crippen LogP contribution in [0.1, 0.15) is 25.8 Å². The molecule has 0 aliphatic rings. The number of hydrogen-bond donors (Lipinski definition) is 1. The zero-order valence-corrected chi connectivity index (χ0v) is 9.60. The number of allylic oxidation sites excluding steroid dienone is 2. The molecule has 84 valence electrons. The highest BCUT2D eigenvalue weighted by atomic mass is 16.4. The first-order valence-corrected chi connectivity index (χ1v) is 5.30. The third kappa shape index (κ3) is 3.73. The number of hydrogen-bond acceptors (Lipinski definition) is 1. The number of benzene rings is 1. The van der Waals surface area contributed by atoms with Gasteiger partial charge in [-0.25, -0.2) is 4.79 Å². The minimum absolute atomic E-state index is 0.365. The number of rotatable bonds is 4. The van der Waals surface area contributed by atoms with Gasteiger partial charge in [0.05, 0.1) is 0 Å². The summed E-state index contributed by atoms with van der Waals surface area (Å²) in [5.41, 5.74) is 2.48. The van der Waals surface area contributed by atoms with E-state index >= 15 is 0 Å². The fraction of sp³-hybridized carbons (Fsp3) is 0.214. The van der Waals surface area contributed by atoms with E-state index in [1.807, 2.05) is 43.3 Å². The van der Waals surface area contributed by atoms with Crippen LogP contribution in [0.15, 0.2) is 47.6 Å². The largest absolute Gasteiger partial charge is 0.478 e. The van der Waals surface area contributed by atoms with Crippen molar-refractivity contribution < 1.29 is 9.90 Å². The molecule has 1 aromatic carbocycles. The summed E-state index contributed by atoms with van der Waals surface area (Å²) in [6.45, 7) is 3.62. The van der Waals surface area contributed by atoms with Crippen molar-refractivity contribution in [1.29, 1.82) is 0 Å². The van der Waals surface area contributed by atoms with Crippen LogP contribution in [-0.4, -0.2) is 11.1 Å². The monoisotopic (exact) mass is 216 g/mol. The molecule has 0 aliphatic heterocycles. The molecule has 1 aromatic rings. The normalized spacial score (nSPS) is 12.6. The van der Waals surface area contributed by atoms with Gasteiger partial charge < -0.3 is 5.11 Å². The van der Waals surface area contributed by atoms with Crippen molar-refractivity contribution in [3.05, 3.63) is 53.1 Å². The molecule has 0 saturated carbocycles. The molecule has 2 nitrogen and oxygen atoms in total. The van der Waals surface area contributed by atoms with E-state index in [1.165, 1.54) is 0 Å². The predicted molar refractivity (Wildman–Crippen MR) is 66.1 cm³/mol. The number of carboxylic acids is 1. The third-order valence-corrected chi connectivity index (χ3v) is 2.30. The van der Waals surface area contributed by atoms with Crippen LogP contribution >= 0.6 is 0 Å². The average molecular weight is 216 g/mol. The molecule has 0 saturated heterocycles. The first kappa shape index (κ1) is 12.2. The first-order chi connectivity index (χ1) is 7.63. The summed E-state index contributed by atoms with van der Waals surface area (Å²) in [5.74, 6) is -0.868. The van der Waals surface area contributed by atoms with E-state index in [4.69, 9.17) is 5.11 Å². The molecule has 0 fully saturated rings. The summed E-state index contributed by atoms with van der Waals surface area (Å²) in [5, 5.41) is 8.80. The lowest BCUT2D eigenvalue weighted by atomic mass is 10.1. The standard InChI is InChI=1S/C14H16O2/c1-3-12(9-11(2)14(15)16)10-13-7-5-4-6-8-13/h4-10H,3H2,1-2H3,(H,15,16). The van der Waals surface area contributed by atoms with Crippen LogP contribution in [0.3, 0.4) is 0 Å². The molecule has 2 heteroatoms. The average Bonchev–Trinajstić information content (AvgIpc) is 2.29. The van der Waals surface area contributed by atoms with Crippen molar-refractivity contribution in [2.24, 2.45) is 0 Å². The molecule has 0 bridgehead atoms. The van der Waals surface area contributed by atoms with Crippen molar-refractivity contribution in [2.45, 2.75) is 20.3 Å². The summed E-state index contributed by atoms with van der Waals surface area (Å²) in [4.78, 5) is 10.7. The molecule has 0 aliphatic carbocycles. The maximum absolute atomic E-state index is 10.7. The Balaban J connectivity index is 2.95. The highest BCUT2D eigenvalue weighted by Crippen LogP contribution is 2.12.